The van der Waals surface area contributed by atoms with Crippen LogP contribution in [0.4, 0.5) is 0 Å². The number of rotatable bonds is 2. The third kappa shape index (κ3) is 1.29. The van der Waals surface area contributed by atoms with Crippen molar-refractivity contribution in [3.05, 3.63) is 36.9 Å². The molecular formula is C9H12O. The molecule has 0 heterocycles. The van der Waals surface area contributed by atoms with Crippen LogP contribution in [0.1, 0.15) is 12.5 Å². The number of hydrogen-bond acceptors (Lipinski definition) is 0. The first-order valence-electron chi connectivity index (χ1n) is 3.43. The molecule has 0 aliphatic heterocycles. The van der Waals surface area contributed by atoms with E-state index >= 15 is 0 Å². The highest BCUT2D eigenvalue weighted by Gasteiger charge is 1.98. The lowest BCUT2D eigenvalue weighted by atomic mass is 10.1. The van der Waals surface area contributed by atoms with Gasteiger partial charge in [0, 0.05) is 11.6 Å². The van der Waals surface area contributed by atoms with Gasteiger partial charge in [0.05, 0.1) is 0 Å². The van der Waals surface area contributed by atoms with Gasteiger partial charge in [-0.1, -0.05) is 25.1 Å². The fraction of sp³-hybridized carbons (Fsp3) is 0.222. The molecular weight excluding hydrogens is 124 g/mol. The number of aliphatic hydroxyl groups is 1. The molecule has 0 bridgehead atoms. The minimum atomic E-state index is 1.00. The SMILES string of the molecule is [CH2-][OH+]c1ccccc1CC. The van der Waals surface area contributed by atoms with Crippen molar-refractivity contribution in [1.82, 2.24) is 0 Å². The van der Waals surface area contributed by atoms with Gasteiger partial charge in [-0.05, 0) is 13.5 Å². The molecule has 0 fully saturated rings. The summed E-state index contributed by atoms with van der Waals surface area (Å²) in [5.41, 5.74) is 1.26. The molecule has 0 aliphatic carbocycles. The molecule has 1 N–H and O–H groups in total. The molecule has 0 radical (unpaired) electrons. The van der Waals surface area contributed by atoms with Crippen LogP contribution in [0.2, 0.25) is 0 Å². The number of aromatic hydroxyl groups is 1. The molecule has 0 saturated heterocycles. The predicted molar refractivity (Wildman–Crippen MR) is 42.8 cm³/mol. The zero-order valence-electron chi connectivity index (χ0n) is 6.17. The Labute approximate surface area is 61.6 Å². The topological polar surface area (TPSA) is 12.8 Å². The largest absolute Gasteiger partial charge is 0.722 e. The second kappa shape index (κ2) is 3.25. The van der Waals surface area contributed by atoms with E-state index in [9.17, 15) is 0 Å². The maximum absolute atomic E-state index is 3.89. The fourth-order valence-corrected chi connectivity index (χ4v) is 0.964. The minimum absolute atomic E-state index is 1.00. The van der Waals surface area contributed by atoms with Crippen LogP contribution in [0, 0.1) is 7.11 Å². The van der Waals surface area contributed by atoms with Gasteiger partial charge in [0.25, 0.3) is 0 Å². The number of ether oxygens (including phenoxy) is 1. The van der Waals surface area contributed by atoms with E-state index in [2.05, 4.69) is 24.8 Å². The van der Waals surface area contributed by atoms with Gasteiger partial charge in [-0.3, -0.25) is 0 Å². The summed E-state index contributed by atoms with van der Waals surface area (Å²) in [6, 6.07) is 8.05. The lowest BCUT2D eigenvalue weighted by molar-refractivity contribution is 0.183. The van der Waals surface area contributed by atoms with E-state index in [-0.39, 0.29) is 0 Å². The van der Waals surface area contributed by atoms with E-state index in [1.54, 1.807) is 0 Å². The van der Waals surface area contributed by atoms with Crippen molar-refractivity contribution in [2.75, 3.05) is 0 Å². The van der Waals surface area contributed by atoms with E-state index in [0.717, 1.165) is 12.2 Å². The molecule has 0 aliphatic rings. The van der Waals surface area contributed by atoms with Crippen molar-refractivity contribution in [2.45, 2.75) is 13.3 Å². The Hall–Kier alpha value is -0.980. The first kappa shape index (κ1) is 7.13. The molecule has 1 aromatic rings. The highest BCUT2D eigenvalue weighted by Crippen LogP contribution is 2.18. The molecule has 0 atom stereocenters. The summed E-state index contributed by atoms with van der Waals surface area (Å²) < 4.78 is 3.89. The minimum Gasteiger partial charge on any atom is -0.722 e. The van der Waals surface area contributed by atoms with Gasteiger partial charge in [0.2, 0.25) is 5.75 Å². The lowest BCUT2D eigenvalue weighted by Gasteiger charge is -2.06. The number of aryl methyl sites for hydroxylation is 1. The Morgan fingerprint density at radius 1 is 1.40 bits per heavy atom. The van der Waals surface area contributed by atoms with Gasteiger partial charge in [-0.25, -0.2) is 0 Å². The summed E-state index contributed by atoms with van der Waals surface area (Å²) in [6.45, 7) is 2.12. The van der Waals surface area contributed by atoms with E-state index in [0.29, 0.717) is 0 Å². The van der Waals surface area contributed by atoms with Gasteiger partial charge < -0.3 is 4.74 Å². The van der Waals surface area contributed by atoms with Gasteiger partial charge in [0.15, 0.2) is 0 Å². The number of hydrogen-bond donors (Lipinski definition) is 0. The Kier molecular flexibility index (Phi) is 2.32. The molecule has 1 heteroatoms. The van der Waals surface area contributed by atoms with Crippen molar-refractivity contribution >= 4 is 0 Å². The average Bonchev–Trinajstić information content (AvgIpc) is 2.04. The zero-order valence-corrected chi connectivity index (χ0v) is 6.17. The molecule has 0 unspecified atom stereocenters. The van der Waals surface area contributed by atoms with Crippen molar-refractivity contribution in [1.29, 1.82) is 0 Å². The summed E-state index contributed by atoms with van der Waals surface area (Å²) in [7, 11) is 3.49. The first-order chi connectivity index (χ1) is 4.88. The highest BCUT2D eigenvalue weighted by atomic mass is 16.5. The van der Waals surface area contributed by atoms with Crippen molar-refractivity contribution in [3.8, 4) is 5.75 Å². The summed E-state index contributed by atoms with van der Waals surface area (Å²) >= 11 is 0. The zero-order chi connectivity index (χ0) is 7.40. The van der Waals surface area contributed by atoms with Crippen LogP contribution < -0.4 is 0 Å². The summed E-state index contributed by atoms with van der Waals surface area (Å²) in [5.74, 6) is 1.00. The number of benzene rings is 1. The van der Waals surface area contributed by atoms with Crippen LogP contribution in [0.25, 0.3) is 0 Å². The van der Waals surface area contributed by atoms with Crippen LogP contribution >= 0.6 is 0 Å². The van der Waals surface area contributed by atoms with Crippen LogP contribution in [0.15, 0.2) is 24.3 Å². The molecule has 0 amide bonds. The van der Waals surface area contributed by atoms with Crippen molar-refractivity contribution in [3.63, 3.8) is 0 Å². The maximum atomic E-state index is 3.89. The van der Waals surface area contributed by atoms with E-state index in [1.165, 1.54) is 5.56 Å². The normalized spacial score (nSPS) is 9.40. The average molecular weight is 136 g/mol. The second-order valence-corrected chi connectivity index (χ2v) is 2.14. The van der Waals surface area contributed by atoms with Crippen LogP contribution in [0.5, 0.6) is 5.75 Å². The molecule has 0 aromatic heterocycles. The third-order valence-electron chi connectivity index (χ3n) is 1.54. The summed E-state index contributed by atoms with van der Waals surface area (Å²) in [6.07, 6.45) is 1.02. The highest BCUT2D eigenvalue weighted by molar-refractivity contribution is 5.32. The van der Waals surface area contributed by atoms with Crippen molar-refractivity contribution in [2.24, 2.45) is 0 Å². The van der Waals surface area contributed by atoms with Crippen molar-refractivity contribution < 1.29 is 4.74 Å². The van der Waals surface area contributed by atoms with Gasteiger partial charge in [-0.2, -0.15) is 0 Å². The molecule has 1 rings (SSSR count). The second-order valence-electron chi connectivity index (χ2n) is 2.14. The molecule has 1 nitrogen and oxygen atoms in total. The molecule has 10 heavy (non-hydrogen) atoms. The Balaban J connectivity index is 2.96. The number of para-hydroxylation sites is 1. The van der Waals surface area contributed by atoms with E-state index in [1.807, 2.05) is 18.2 Å². The smallest absolute Gasteiger partial charge is 0.229 e. The Morgan fingerprint density at radius 2 is 2.10 bits per heavy atom. The summed E-state index contributed by atoms with van der Waals surface area (Å²) in [5, 5.41) is 0. The van der Waals surface area contributed by atoms with E-state index < -0.39 is 0 Å². The lowest BCUT2D eigenvalue weighted by Crippen LogP contribution is -1.83. The molecule has 0 saturated carbocycles. The van der Waals surface area contributed by atoms with Gasteiger partial charge in [-0.15, -0.1) is 0 Å². The monoisotopic (exact) mass is 136 g/mol. The van der Waals surface area contributed by atoms with Crippen LogP contribution in [-0.2, 0) is 6.42 Å². The molecule has 54 valence electrons. The van der Waals surface area contributed by atoms with Crippen LogP contribution in [-0.4, -0.2) is 4.74 Å². The van der Waals surface area contributed by atoms with Gasteiger partial charge >= 0.3 is 0 Å². The fourth-order valence-electron chi connectivity index (χ4n) is 0.964. The van der Waals surface area contributed by atoms with E-state index in [4.69, 9.17) is 0 Å². The van der Waals surface area contributed by atoms with Gasteiger partial charge in [0.1, 0.15) is 0 Å². The Bertz CT molecular complexity index is 183. The standard InChI is InChI=1S/C9H12O/c1-3-8-6-4-5-7-9(8)10-2/h4-7,10H,2-3H2,1H3. The predicted octanol–water partition coefficient (Wildman–Crippen LogP) is 2.28. The maximum Gasteiger partial charge on any atom is 0.229 e. The first-order valence-corrected chi connectivity index (χ1v) is 3.43. The quantitative estimate of drug-likeness (QED) is 0.437. The summed E-state index contributed by atoms with van der Waals surface area (Å²) in [4.78, 5) is 0. The third-order valence-corrected chi connectivity index (χ3v) is 1.54. The molecule has 1 aromatic carbocycles. The Morgan fingerprint density at radius 3 is 2.60 bits per heavy atom. The van der Waals surface area contributed by atoms with Crippen LogP contribution in [0.3, 0.4) is 0 Å². The molecule has 0 spiro atoms.